The molecule has 2 aliphatic heterocycles. The number of fused-ring (bicyclic) bond motifs is 10. The lowest BCUT2D eigenvalue weighted by Gasteiger charge is -2.47. The monoisotopic (exact) mass is 1130 g/mol. The summed E-state index contributed by atoms with van der Waals surface area (Å²) in [6, 6.07) is 66.8. The van der Waals surface area contributed by atoms with Crippen LogP contribution in [0.4, 0.5) is 51.2 Å². The molecule has 0 radical (unpaired) electrons. The summed E-state index contributed by atoms with van der Waals surface area (Å²) < 4.78 is 2.73. The van der Waals surface area contributed by atoms with E-state index in [1.54, 1.807) is 0 Å². The lowest BCUT2D eigenvalue weighted by Crippen LogP contribution is -2.61. The summed E-state index contributed by atoms with van der Waals surface area (Å²) in [4.78, 5) is 7.99. The van der Waals surface area contributed by atoms with Gasteiger partial charge in [-0.25, -0.2) is 0 Å². The highest BCUT2D eigenvalue weighted by molar-refractivity contribution is 7.26. The van der Waals surface area contributed by atoms with Crippen LogP contribution in [0, 0.1) is 13.8 Å². The van der Waals surface area contributed by atoms with Crippen molar-refractivity contribution in [3.05, 3.63) is 214 Å². The molecule has 0 saturated heterocycles. The number of benzene rings is 9. The van der Waals surface area contributed by atoms with Crippen LogP contribution in [-0.4, -0.2) is 6.71 Å². The molecule has 5 heteroatoms. The smallest absolute Gasteiger partial charge is 0.252 e. The second kappa shape index (κ2) is 18.6. The zero-order chi connectivity index (χ0) is 59.1. The number of nitrogens with zero attached hydrogens (tertiary/aromatic N) is 3. The molecule has 3 nitrogen and oxygen atoms in total. The van der Waals surface area contributed by atoms with Gasteiger partial charge in [0.15, 0.2) is 0 Å². The van der Waals surface area contributed by atoms with Crippen LogP contribution in [0.15, 0.2) is 170 Å². The third-order valence-corrected chi connectivity index (χ3v) is 22.9. The minimum absolute atomic E-state index is 0.0000126. The van der Waals surface area contributed by atoms with Crippen molar-refractivity contribution in [2.24, 2.45) is 0 Å². The summed E-state index contributed by atoms with van der Waals surface area (Å²) in [6.07, 6.45) is 7.01. The Kier molecular flexibility index (Phi) is 11.9. The number of rotatable bonds is 6. The lowest BCUT2D eigenvalue weighted by atomic mass is 9.33. The highest BCUT2D eigenvalue weighted by atomic mass is 32.1. The maximum Gasteiger partial charge on any atom is 0.252 e. The van der Waals surface area contributed by atoms with E-state index >= 15 is 0 Å². The van der Waals surface area contributed by atoms with Crippen LogP contribution < -0.4 is 31.1 Å². The summed E-state index contributed by atoms with van der Waals surface area (Å²) >= 11 is 1.99. The van der Waals surface area contributed by atoms with Crippen LogP contribution in [0.1, 0.15) is 166 Å². The molecule has 0 fully saturated rings. The molecular formula is C80H82BN3S. The largest absolute Gasteiger partial charge is 0.311 e. The van der Waals surface area contributed by atoms with E-state index in [4.69, 9.17) is 0 Å². The molecule has 1 aromatic heterocycles. The van der Waals surface area contributed by atoms with Crippen molar-refractivity contribution >= 4 is 106 Å². The molecule has 9 aromatic carbocycles. The van der Waals surface area contributed by atoms with Crippen LogP contribution in [0.3, 0.4) is 0 Å². The van der Waals surface area contributed by atoms with Gasteiger partial charge in [-0.1, -0.05) is 180 Å². The Bertz CT molecular complexity index is 4370. The highest BCUT2D eigenvalue weighted by Gasteiger charge is 2.48. The van der Waals surface area contributed by atoms with Gasteiger partial charge in [-0.3, -0.25) is 0 Å². The van der Waals surface area contributed by atoms with Gasteiger partial charge in [-0.05, 0) is 235 Å². The van der Waals surface area contributed by atoms with E-state index in [9.17, 15) is 0 Å². The molecule has 0 amide bonds. The summed E-state index contributed by atoms with van der Waals surface area (Å²) in [5.41, 5.74) is 29.3. The molecule has 15 rings (SSSR count). The molecule has 0 atom stereocenters. The van der Waals surface area contributed by atoms with Crippen molar-refractivity contribution in [1.82, 2.24) is 0 Å². The van der Waals surface area contributed by atoms with Crippen LogP contribution in [0.25, 0.3) is 31.3 Å². The van der Waals surface area contributed by atoms with Crippen molar-refractivity contribution in [3.63, 3.8) is 0 Å². The number of anilines is 9. The number of hydrogen-bond donors (Lipinski definition) is 0. The van der Waals surface area contributed by atoms with Crippen LogP contribution in [0.2, 0.25) is 0 Å². The average molecular weight is 1130 g/mol. The maximum atomic E-state index is 2.75. The van der Waals surface area contributed by atoms with Gasteiger partial charge in [0.25, 0.3) is 6.71 Å². The Morgan fingerprint density at radius 1 is 0.341 bits per heavy atom. The average Bonchev–Trinajstić information content (AvgIpc) is 1.71. The second-order valence-electron chi connectivity index (χ2n) is 30.2. The zero-order valence-corrected chi connectivity index (χ0v) is 53.6. The first kappa shape index (κ1) is 54.3. The van der Waals surface area contributed by atoms with E-state index in [1.807, 2.05) is 11.3 Å². The summed E-state index contributed by atoms with van der Waals surface area (Å²) in [7, 11) is 0. The molecule has 85 heavy (non-hydrogen) atoms. The van der Waals surface area contributed by atoms with E-state index in [1.165, 1.54) is 152 Å². The third kappa shape index (κ3) is 8.32. The van der Waals surface area contributed by atoms with Crippen molar-refractivity contribution < 1.29 is 0 Å². The first-order chi connectivity index (χ1) is 40.4. The third-order valence-electron chi connectivity index (χ3n) is 21.8. The standard InChI is InChI=1S/C80H82BN3S/c1-49-38-58-61(78(9,10)35-32-75(58,3)4)45-66(49)83-68-40-52(51-24-18-15-19-25-51)30-31-64(68)81-65-44-57-56-43-60-63(80(13,14)37-34-77(60,7)8)47-72(56)85-73(57)48-69(65)84(67-46-62-59(39-50(67)2)76(5,6)33-36-79(62,11)12)71-42-55(41-70(83)74(71)81)82(53-26-20-16-21-27-53)54-28-22-17-23-29-54/h15-31,38-48H,32-37H2,1-14H3. The van der Waals surface area contributed by atoms with E-state index in [-0.39, 0.29) is 39.2 Å². The van der Waals surface area contributed by atoms with E-state index < -0.39 is 0 Å². The van der Waals surface area contributed by atoms with Gasteiger partial charge in [0.05, 0.1) is 5.69 Å². The van der Waals surface area contributed by atoms with Crippen LogP contribution in [-0.2, 0) is 32.5 Å². The minimum Gasteiger partial charge on any atom is -0.311 e. The molecule has 3 aliphatic carbocycles. The maximum absolute atomic E-state index is 2.75. The molecule has 5 aliphatic rings. The van der Waals surface area contributed by atoms with Crippen molar-refractivity contribution in [2.45, 2.75) is 168 Å². The summed E-state index contributed by atoms with van der Waals surface area (Å²) in [5.74, 6) is 0. The van der Waals surface area contributed by atoms with Gasteiger partial charge in [0.1, 0.15) is 0 Å². The Balaban J connectivity index is 1.11. The zero-order valence-electron chi connectivity index (χ0n) is 52.7. The Labute approximate surface area is 510 Å². The van der Waals surface area contributed by atoms with Gasteiger partial charge in [-0.15, -0.1) is 11.3 Å². The second-order valence-corrected chi connectivity index (χ2v) is 31.3. The normalized spacial score (nSPS) is 18.7. The van der Waals surface area contributed by atoms with Gasteiger partial charge < -0.3 is 14.7 Å². The van der Waals surface area contributed by atoms with E-state index in [0.717, 1.165) is 29.9 Å². The molecular weight excluding hydrogens is 1050 g/mol. The fourth-order valence-electron chi connectivity index (χ4n) is 16.3. The van der Waals surface area contributed by atoms with Gasteiger partial charge in [0, 0.05) is 60.3 Å². The Morgan fingerprint density at radius 3 is 1.22 bits per heavy atom. The number of para-hydroxylation sites is 2. The van der Waals surface area contributed by atoms with Crippen LogP contribution in [0.5, 0.6) is 0 Å². The SMILES string of the molecule is Cc1cc2c(cc1N1c3cc(-c4ccccc4)ccc3B3c4cc5c(cc4N(c4cc6c(cc4C)C(C)(C)CCC6(C)C)c4cc(N(c6ccccc6)c6ccccc6)cc1c43)sc1cc3c(cc15)C(C)(C)CCC3(C)C)C(C)(C)CCC2(C)C. The molecule has 0 saturated carbocycles. The molecule has 3 heterocycles. The first-order valence-corrected chi connectivity index (χ1v) is 32.5. The van der Waals surface area contributed by atoms with Crippen LogP contribution >= 0.6 is 11.3 Å². The first-order valence-electron chi connectivity index (χ1n) is 31.7. The van der Waals surface area contributed by atoms with E-state index in [2.05, 4.69) is 281 Å². The Hall–Kier alpha value is -7.34. The minimum atomic E-state index is -0.0859. The van der Waals surface area contributed by atoms with Crippen molar-refractivity contribution in [1.29, 1.82) is 0 Å². The summed E-state index contributed by atoms with van der Waals surface area (Å²) in [6.45, 7) is 34.4. The molecule has 0 bridgehead atoms. The molecule has 0 spiro atoms. The van der Waals surface area contributed by atoms with Gasteiger partial charge in [-0.2, -0.15) is 0 Å². The Morgan fingerprint density at radius 2 is 0.741 bits per heavy atom. The molecule has 0 N–H and O–H groups in total. The predicted octanol–water partition coefficient (Wildman–Crippen LogP) is 20.9. The number of aryl methyl sites for hydroxylation is 2. The van der Waals surface area contributed by atoms with Gasteiger partial charge in [0.2, 0.25) is 0 Å². The summed E-state index contributed by atoms with van der Waals surface area (Å²) in [5, 5.41) is 2.76. The molecule has 0 unspecified atom stereocenters. The fraction of sp³-hybridized carbons (Fsp3) is 0.325. The highest BCUT2D eigenvalue weighted by Crippen LogP contribution is 2.56. The van der Waals surface area contributed by atoms with E-state index in [0.29, 0.717) is 0 Å². The van der Waals surface area contributed by atoms with Crippen molar-refractivity contribution in [2.75, 3.05) is 14.7 Å². The predicted molar refractivity (Wildman–Crippen MR) is 369 cm³/mol. The quantitative estimate of drug-likeness (QED) is 0.154. The number of hydrogen-bond acceptors (Lipinski definition) is 4. The molecule has 10 aromatic rings. The number of thiophene rings is 1. The molecule has 426 valence electrons. The topological polar surface area (TPSA) is 9.72 Å². The fourth-order valence-corrected chi connectivity index (χ4v) is 17.4. The van der Waals surface area contributed by atoms with Crippen molar-refractivity contribution in [3.8, 4) is 11.1 Å². The lowest BCUT2D eigenvalue weighted by molar-refractivity contribution is 0.332. The van der Waals surface area contributed by atoms with Gasteiger partial charge >= 0.3 is 0 Å².